The quantitative estimate of drug-likeness (QED) is 0.0261. The van der Waals surface area contributed by atoms with Crippen LogP contribution in [0, 0.1) is 0 Å². The van der Waals surface area contributed by atoms with Crippen molar-refractivity contribution in [2.45, 2.75) is 309 Å². The maximum atomic E-state index is 12.9. The molecule has 0 amide bonds. The Kier molecular flexibility index (Phi) is 65.8. The lowest BCUT2D eigenvalue weighted by Crippen LogP contribution is -2.30. The topological polar surface area (TPSA) is 78.9 Å². The molecule has 0 aromatic rings. The molecule has 0 aromatic heterocycles. The van der Waals surface area contributed by atoms with Crippen molar-refractivity contribution in [1.82, 2.24) is 0 Å². The van der Waals surface area contributed by atoms with E-state index in [1.54, 1.807) is 0 Å². The molecule has 0 aromatic carbocycles. The van der Waals surface area contributed by atoms with E-state index in [0.717, 1.165) is 122 Å². The molecule has 0 saturated carbocycles. The largest absolute Gasteiger partial charge is 0.462 e. The Morgan fingerprint density at radius 3 is 0.783 bits per heavy atom. The van der Waals surface area contributed by atoms with Crippen LogP contribution in [0.5, 0.6) is 0 Å². The summed E-state index contributed by atoms with van der Waals surface area (Å²) in [6.07, 6.45) is 100. The predicted molar refractivity (Wildman–Crippen MR) is 362 cm³/mol. The van der Waals surface area contributed by atoms with Crippen LogP contribution in [0.3, 0.4) is 0 Å². The van der Waals surface area contributed by atoms with Crippen molar-refractivity contribution in [3.05, 3.63) is 146 Å². The van der Waals surface area contributed by atoms with E-state index in [9.17, 15) is 14.4 Å². The van der Waals surface area contributed by atoms with Crippen molar-refractivity contribution < 1.29 is 28.6 Å². The predicted octanol–water partition coefficient (Wildman–Crippen LogP) is 23.9. The van der Waals surface area contributed by atoms with E-state index >= 15 is 0 Å². The number of hydrogen-bond acceptors (Lipinski definition) is 6. The molecule has 0 bridgehead atoms. The Balaban J connectivity index is 4.37. The van der Waals surface area contributed by atoms with Gasteiger partial charge >= 0.3 is 17.9 Å². The highest BCUT2D eigenvalue weighted by Gasteiger charge is 2.19. The van der Waals surface area contributed by atoms with Gasteiger partial charge in [-0.1, -0.05) is 295 Å². The van der Waals surface area contributed by atoms with Crippen LogP contribution in [0.25, 0.3) is 0 Å². The fourth-order valence-corrected chi connectivity index (χ4v) is 9.24. The summed E-state index contributed by atoms with van der Waals surface area (Å²) in [6.45, 7) is 6.34. The number of hydrogen-bond donors (Lipinski definition) is 0. The second-order valence-corrected chi connectivity index (χ2v) is 22.3. The van der Waals surface area contributed by atoms with E-state index < -0.39 is 6.10 Å². The van der Waals surface area contributed by atoms with Gasteiger partial charge in [-0.25, -0.2) is 0 Å². The van der Waals surface area contributed by atoms with E-state index in [1.807, 2.05) is 0 Å². The second-order valence-electron chi connectivity index (χ2n) is 22.3. The summed E-state index contributed by atoms with van der Waals surface area (Å²) >= 11 is 0. The monoisotopic (exact) mass is 1150 g/mol. The van der Waals surface area contributed by atoms with Gasteiger partial charge in [0.2, 0.25) is 0 Å². The summed E-state index contributed by atoms with van der Waals surface area (Å²) in [5.41, 5.74) is 0. The third kappa shape index (κ3) is 68.0. The van der Waals surface area contributed by atoms with Crippen molar-refractivity contribution in [3.63, 3.8) is 0 Å². The molecular weight excluding hydrogens is 1020 g/mol. The lowest BCUT2D eigenvalue weighted by atomic mass is 10.0. The minimum Gasteiger partial charge on any atom is -0.462 e. The molecule has 0 fully saturated rings. The van der Waals surface area contributed by atoms with Gasteiger partial charge in [0.25, 0.3) is 0 Å². The first-order valence-electron chi connectivity index (χ1n) is 34.3. The number of rotatable bonds is 61. The first kappa shape index (κ1) is 78.3. The standard InChI is InChI=1S/C77H126O6/c1-4-7-10-13-16-19-22-25-27-29-31-33-35-36-37-38-39-40-42-43-45-47-49-52-55-58-61-64-67-70-76(79)82-73-74(72-81-75(78)69-66-63-60-57-54-51-24-21-18-15-12-9-6-3)83-77(80)71-68-65-62-59-56-53-50-48-46-44-41-34-32-30-28-26-23-20-17-14-11-8-5-2/h8-9,11-12,17-18,20-22,25-26,28-29,31-32,34,44,46,50-51,53-54,59,62,74H,4-7,10,13-16,19,23-24,27,30,33,35-43,45,47-49,52,55-58,60-61,63-73H2,1-3H3/b11-8-,12-9-,20-17-,21-18-,25-22-,28-26-,31-29-,34-32-,46-44-,53-50-,54-51-,62-59-. The van der Waals surface area contributed by atoms with Gasteiger partial charge in [-0.3, -0.25) is 14.4 Å². The number of carbonyl (C=O) groups is 3. The number of esters is 3. The maximum Gasteiger partial charge on any atom is 0.306 e. The van der Waals surface area contributed by atoms with Gasteiger partial charge in [-0.15, -0.1) is 0 Å². The molecule has 1 atom stereocenters. The van der Waals surface area contributed by atoms with E-state index in [2.05, 4.69) is 167 Å². The zero-order chi connectivity index (χ0) is 59.9. The van der Waals surface area contributed by atoms with Crippen molar-refractivity contribution in [2.24, 2.45) is 0 Å². The van der Waals surface area contributed by atoms with Crippen molar-refractivity contribution in [1.29, 1.82) is 0 Å². The Morgan fingerprint density at radius 2 is 0.482 bits per heavy atom. The van der Waals surface area contributed by atoms with E-state index in [1.165, 1.54) is 135 Å². The van der Waals surface area contributed by atoms with Crippen molar-refractivity contribution in [3.8, 4) is 0 Å². The molecule has 0 aliphatic carbocycles. The van der Waals surface area contributed by atoms with Crippen molar-refractivity contribution >= 4 is 17.9 Å². The Bertz CT molecular complexity index is 1800. The normalized spacial score (nSPS) is 13.0. The molecule has 0 aliphatic heterocycles. The summed E-state index contributed by atoms with van der Waals surface area (Å²) in [4.78, 5) is 38.3. The summed E-state index contributed by atoms with van der Waals surface area (Å²) in [6, 6.07) is 0. The Morgan fingerprint density at radius 1 is 0.253 bits per heavy atom. The third-order valence-corrected chi connectivity index (χ3v) is 14.3. The fraction of sp³-hybridized carbons (Fsp3) is 0.649. The van der Waals surface area contributed by atoms with Gasteiger partial charge < -0.3 is 14.2 Å². The molecule has 0 saturated heterocycles. The molecule has 0 rings (SSSR count). The van der Waals surface area contributed by atoms with Crippen LogP contribution in [0.15, 0.2) is 146 Å². The maximum absolute atomic E-state index is 12.9. The molecular formula is C77H126O6. The van der Waals surface area contributed by atoms with Crippen LogP contribution in [0.1, 0.15) is 303 Å². The summed E-state index contributed by atoms with van der Waals surface area (Å²) in [7, 11) is 0. The lowest BCUT2D eigenvalue weighted by Gasteiger charge is -2.18. The van der Waals surface area contributed by atoms with E-state index in [4.69, 9.17) is 14.2 Å². The van der Waals surface area contributed by atoms with Gasteiger partial charge in [0.15, 0.2) is 6.10 Å². The molecule has 6 heteroatoms. The fourth-order valence-electron chi connectivity index (χ4n) is 9.24. The SMILES string of the molecule is CC/C=C\C/C=C\C/C=C\C/C=C\C/C=C\C/C=C\C/C=C\CCCC(=O)OC(COC(=O)CCCCC/C=C\C/C=C\C/C=C\CC)COC(=O)CCCCCCCCCCCCCCCCCCC/C=C\C/C=C\CCCCCCC. The Hall–Kier alpha value is -4.71. The van der Waals surface area contributed by atoms with Crippen LogP contribution in [-0.2, 0) is 28.6 Å². The van der Waals surface area contributed by atoms with Crippen LogP contribution in [0.4, 0.5) is 0 Å². The Labute approximate surface area is 512 Å². The summed E-state index contributed by atoms with van der Waals surface area (Å²) in [5, 5.41) is 0. The molecule has 470 valence electrons. The minimum absolute atomic E-state index is 0.114. The molecule has 0 radical (unpaired) electrons. The second kappa shape index (κ2) is 69.8. The first-order chi connectivity index (χ1) is 41.0. The van der Waals surface area contributed by atoms with Gasteiger partial charge in [0.1, 0.15) is 13.2 Å². The number of unbranched alkanes of at least 4 members (excludes halogenated alkanes) is 26. The van der Waals surface area contributed by atoms with Crippen molar-refractivity contribution in [2.75, 3.05) is 13.2 Å². The van der Waals surface area contributed by atoms with Gasteiger partial charge in [-0.05, 0) is 135 Å². The molecule has 0 heterocycles. The molecule has 0 spiro atoms. The van der Waals surface area contributed by atoms with Crippen LogP contribution >= 0.6 is 0 Å². The molecule has 0 N–H and O–H groups in total. The van der Waals surface area contributed by atoms with Crippen LogP contribution in [0.2, 0.25) is 0 Å². The molecule has 1 unspecified atom stereocenters. The highest BCUT2D eigenvalue weighted by atomic mass is 16.6. The zero-order valence-electron chi connectivity index (χ0n) is 53.9. The molecule has 0 aliphatic rings. The highest BCUT2D eigenvalue weighted by Crippen LogP contribution is 2.16. The third-order valence-electron chi connectivity index (χ3n) is 14.3. The zero-order valence-corrected chi connectivity index (χ0v) is 53.9. The molecule has 83 heavy (non-hydrogen) atoms. The summed E-state index contributed by atoms with van der Waals surface area (Å²) in [5.74, 6) is -1.00. The summed E-state index contributed by atoms with van der Waals surface area (Å²) < 4.78 is 16.9. The molecule has 6 nitrogen and oxygen atoms in total. The lowest BCUT2D eigenvalue weighted by molar-refractivity contribution is -0.167. The number of ether oxygens (including phenoxy) is 3. The highest BCUT2D eigenvalue weighted by molar-refractivity contribution is 5.71. The minimum atomic E-state index is -0.828. The van der Waals surface area contributed by atoms with Gasteiger partial charge in [0.05, 0.1) is 0 Å². The smallest absolute Gasteiger partial charge is 0.306 e. The van der Waals surface area contributed by atoms with Gasteiger partial charge in [-0.2, -0.15) is 0 Å². The van der Waals surface area contributed by atoms with E-state index in [0.29, 0.717) is 19.3 Å². The average molecular weight is 1150 g/mol. The van der Waals surface area contributed by atoms with Gasteiger partial charge in [0, 0.05) is 19.3 Å². The number of carbonyl (C=O) groups excluding carboxylic acids is 3. The average Bonchev–Trinajstić information content (AvgIpc) is 3.49. The van der Waals surface area contributed by atoms with Crippen LogP contribution in [-0.4, -0.2) is 37.2 Å². The first-order valence-corrected chi connectivity index (χ1v) is 34.3. The van der Waals surface area contributed by atoms with E-state index in [-0.39, 0.29) is 37.5 Å². The van der Waals surface area contributed by atoms with Crippen LogP contribution < -0.4 is 0 Å². The number of allylic oxidation sites excluding steroid dienone is 24.